The van der Waals surface area contributed by atoms with Gasteiger partial charge in [-0.2, -0.15) is 0 Å². The summed E-state index contributed by atoms with van der Waals surface area (Å²) < 4.78 is 0. The molecule has 2 aromatic rings. The number of nitro benzene ring substituents is 1. The summed E-state index contributed by atoms with van der Waals surface area (Å²) in [7, 11) is 0. The fraction of sp³-hybridized carbons (Fsp3) is 0.0667. The minimum absolute atomic E-state index is 0.0386. The molecule has 2 rings (SSSR count). The molecule has 0 aromatic heterocycles. The van der Waals surface area contributed by atoms with Crippen LogP contribution in [0.3, 0.4) is 0 Å². The van der Waals surface area contributed by atoms with Crippen molar-refractivity contribution < 1.29 is 24.7 Å². The average molecular weight is 316 g/mol. The number of nitrogens with zero attached hydrogens (tertiary/aromatic N) is 1. The van der Waals surface area contributed by atoms with E-state index in [4.69, 9.17) is 5.11 Å². The van der Waals surface area contributed by atoms with Crippen molar-refractivity contribution in [2.45, 2.75) is 6.42 Å². The van der Waals surface area contributed by atoms with Crippen LogP contribution in [0.25, 0.3) is 0 Å². The Labute approximate surface area is 130 Å². The number of aliphatic carboxylic acids is 1. The van der Waals surface area contributed by atoms with Gasteiger partial charge < -0.3 is 15.5 Å². The van der Waals surface area contributed by atoms with Crippen molar-refractivity contribution >= 4 is 23.3 Å². The van der Waals surface area contributed by atoms with Crippen LogP contribution in [0.4, 0.5) is 11.4 Å². The van der Waals surface area contributed by atoms with Crippen molar-refractivity contribution in [2.75, 3.05) is 5.32 Å². The number of amides is 1. The number of carbonyl (C=O) groups excluding carboxylic acids is 1. The van der Waals surface area contributed by atoms with Crippen LogP contribution in [-0.2, 0) is 11.2 Å². The molecule has 0 spiro atoms. The highest BCUT2D eigenvalue weighted by atomic mass is 16.6. The fourth-order valence-electron chi connectivity index (χ4n) is 1.96. The molecular weight excluding hydrogens is 304 g/mol. The number of hydrogen-bond acceptors (Lipinski definition) is 5. The van der Waals surface area contributed by atoms with Gasteiger partial charge in [0.05, 0.1) is 11.3 Å². The van der Waals surface area contributed by atoms with Crippen LogP contribution >= 0.6 is 0 Å². The summed E-state index contributed by atoms with van der Waals surface area (Å²) in [5.74, 6) is -2.18. The predicted molar refractivity (Wildman–Crippen MR) is 80.5 cm³/mol. The van der Waals surface area contributed by atoms with Crippen molar-refractivity contribution in [3.8, 4) is 5.75 Å². The van der Waals surface area contributed by atoms with Gasteiger partial charge in [0.25, 0.3) is 5.91 Å². The molecule has 1 amide bonds. The Morgan fingerprint density at radius 2 is 1.91 bits per heavy atom. The minimum Gasteiger partial charge on any atom is -0.502 e. The number of hydrogen-bond donors (Lipinski definition) is 3. The van der Waals surface area contributed by atoms with Crippen LogP contribution in [0, 0.1) is 10.1 Å². The maximum atomic E-state index is 12.1. The number of nitrogens with one attached hydrogen (secondary N) is 1. The fourth-order valence-corrected chi connectivity index (χ4v) is 1.96. The highest BCUT2D eigenvalue weighted by Crippen LogP contribution is 2.26. The number of aromatic hydroxyl groups is 1. The van der Waals surface area contributed by atoms with Gasteiger partial charge in [0.2, 0.25) is 0 Å². The average Bonchev–Trinajstić information content (AvgIpc) is 2.46. The number of nitro groups is 1. The zero-order valence-corrected chi connectivity index (χ0v) is 11.7. The molecule has 118 valence electrons. The summed E-state index contributed by atoms with van der Waals surface area (Å²) in [4.78, 5) is 32.6. The van der Waals surface area contributed by atoms with Gasteiger partial charge in [-0.25, -0.2) is 0 Å². The van der Waals surface area contributed by atoms with Crippen molar-refractivity contribution in [1.82, 2.24) is 0 Å². The number of carboxylic acids is 1. The Morgan fingerprint density at radius 3 is 2.52 bits per heavy atom. The quantitative estimate of drug-likeness (QED) is 0.572. The second kappa shape index (κ2) is 6.56. The summed E-state index contributed by atoms with van der Waals surface area (Å²) in [6.07, 6.45) is -0.179. The first-order valence-corrected chi connectivity index (χ1v) is 6.46. The molecule has 23 heavy (non-hydrogen) atoms. The van der Waals surface area contributed by atoms with Crippen molar-refractivity contribution in [1.29, 1.82) is 0 Å². The molecule has 8 nitrogen and oxygen atoms in total. The molecule has 0 aliphatic carbocycles. The van der Waals surface area contributed by atoms with Crippen molar-refractivity contribution in [3.63, 3.8) is 0 Å². The maximum absolute atomic E-state index is 12.1. The summed E-state index contributed by atoms with van der Waals surface area (Å²) in [6, 6.07) is 9.54. The number of carbonyl (C=O) groups is 2. The Balaban J connectivity index is 2.17. The van der Waals surface area contributed by atoms with Gasteiger partial charge in [0, 0.05) is 17.3 Å². The van der Waals surface area contributed by atoms with Gasteiger partial charge in [-0.1, -0.05) is 12.1 Å². The third-order valence-electron chi connectivity index (χ3n) is 2.97. The molecule has 0 saturated carbocycles. The lowest BCUT2D eigenvalue weighted by Gasteiger charge is -2.07. The first kappa shape index (κ1) is 16.0. The van der Waals surface area contributed by atoms with Crippen LogP contribution < -0.4 is 5.32 Å². The van der Waals surface area contributed by atoms with E-state index in [2.05, 4.69) is 5.32 Å². The Morgan fingerprint density at radius 1 is 1.17 bits per heavy atom. The molecule has 8 heteroatoms. The molecule has 0 unspecified atom stereocenters. The largest absolute Gasteiger partial charge is 0.502 e. The molecule has 0 saturated heterocycles. The van der Waals surface area contributed by atoms with Gasteiger partial charge in [-0.15, -0.1) is 0 Å². The van der Waals surface area contributed by atoms with E-state index in [1.165, 1.54) is 12.1 Å². The first-order valence-electron chi connectivity index (χ1n) is 6.46. The van der Waals surface area contributed by atoms with Crippen LogP contribution in [0.1, 0.15) is 15.9 Å². The van der Waals surface area contributed by atoms with Gasteiger partial charge in [-0.3, -0.25) is 19.7 Å². The minimum atomic E-state index is -0.992. The molecule has 0 bridgehead atoms. The van der Waals surface area contributed by atoms with Crippen LogP contribution in [-0.4, -0.2) is 27.0 Å². The van der Waals surface area contributed by atoms with E-state index in [0.29, 0.717) is 11.3 Å². The molecule has 0 atom stereocenters. The Hall–Kier alpha value is -3.42. The lowest BCUT2D eigenvalue weighted by molar-refractivity contribution is -0.385. The van der Waals surface area contributed by atoms with Crippen molar-refractivity contribution in [2.24, 2.45) is 0 Å². The lowest BCUT2D eigenvalue weighted by atomic mass is 10.1. The number of anilines is 1. The predicted octanol–water partition coefficient (Wildman–Crippen LogP) is 2.18. The molecule has 0 aliphatic rings. The zero-order valence-electron chi connectivity index (χ0n) is 11.7. The van der Waals surface area contributed by atoms with Gasteiger partial charge in [0.15, 0.2) is 5.75 Å². The Kier molecular flexibility index (Phi) is 4.55. The molecule has 2 aromatic carbocycles. The molecule has 0 heterocycles. The summed E-state index contributed by atoms with van der Waals surface area (Å²) in [5.41, 5.74) is 0.440. The smallest absolute Gasteiger partial charge is 0.310 e. The van der Waals surface area contributed by atoms with E-state index in [9.17, 15) is 24.8 Å². The first-order chi connectivity index (χ1) is 10.9. The highest BCUT2D eigenvalue weighted by molar-refractivity contribution is 6.04. The lowest BCUT2D eigenvalue weighted by Crippen LogP contribution is -2.12. The van der Waals surface area contributed by atoms with Gasteiger partial charge >= 0.3 is 11.7 Å². The van der Waals surface area contributed by atoms with E-state index < -0.39 is 28.2 Å². The summed E-state index contributed by atoms with van der Waals surface area (Å²) in [5, 5.41) is 31.4. The number of phenols is 1. The maximum Gasteiger partial charge on any atom is 0.310 e. The van der Waals surface area contributed by atoms with E-state index >= 15 is 0 Å². The topological polar surface area (TPSA) is 130 Å². The standard InChI is InChI=1S/C15H12N2O6/c18-13-8-10(4-5-12(13)17(22)23)15(21)16-11-3-1-2-9(6-11)7-14(19)20/h1-6,8,18H,7H2,(H,16,21)(H,19,20). The van der Waals surface area contributed by atoms with Gasteiger partial charge in [-0.05, 0) is 29.8 Å². The zero-order chi connectivity index (χ0) is 17.0. The second-order valence-electron chi connectivity index (χ2n) is 4.69. The summed E-state index contributed by atoms with van der Waals surface area (Å²) >= 11 is 0. The van der Waals surface area contributed by atoms with Gasteiger partial charge in [0.1, 0.15) is 0 Å². The SMILES string of the molecule is O=C(O)Cc1cccc(NC(=O)c2ccc([N+](=O)[O-])c(O)c2)c1. The van der Waals surface area contributed by atoms with E-state index in [1.54, 1.807) is 18.2 Å². The number of phenolic OH excluding ortho intramolecular Hbond substituents is 1. The van der Waals surface area contributed by atoms with E-state index in [-0.39, 0.29) is 12.0 Å². The normalized spacial score (nSPS) is 10.1. The summed E-state index contributed by atoms with van der Waals surface area (Å²) in [6.45, 7) is 0. The third kappa shape index (κ3) is 4.03. The van der Waals surface area contributed by atoms with Crippen LogP contribution in [0.5, 0.6) is 5.75 Å². The van der Waals surface area contributed by atoms with E-state index in [1.807, 2.05) is 0 Å². The molecule has 0 aliphatic heterocycles. The van der Waals surface area contributed by atoms with Crippen LogP contribution in [0.2, 0.25) is 0 Å². The van der Waals surface area contributed by atoms with Crippen molar-refractivity contribution in [3.05, 3.63) is 63.7 Å². The molecule has 3 N–H and O–H groups in total. The third-order valence-corrected chi connectivity index (χ3v) is 2.97. The number of carboxylic acid groups (broad SMARTS) is 1. The van der Waals surface area contributed by atoms with Crippen LogP contribution in [0.15, 0.2) is 42.5 Å². The molecular formula is C15H12N2O6. The highest BCUT2D eigenvalue weighted by Gasteiger charge is 2.16. The monoisotopic (exact) mass is 316 g/mol. The Bertz CT molecular complexity index is 787. The number of rotatable bonds is 5. The van der Waals surface area contributed by atoms with E-state index in [0.717, 1.165) is 12.1 Å². The molecule has 0 radical (unpaired) electrons. The second-order valence-corrected chi connectivity index (χ2v) is 4.69. The number of benzene rings is 2. The molecule has 0 fully saturated rings.